The number of aromatic nitrogens is 9. The molecule has 0 bridgehead atoms. The highest BCUT2D eigenvalue weighted by Gasteiger charge is 2.15. The SMILES string of the molecule is COc1ccc(-c2nnn(Cc3nc4c(nnn4Cc4ccc(F)cc4)c(=O)[nH]3)n2)cc1OC. The van der Waals surface area contributed by atoms with Crippen molar-refractivity contribution in [2.75, 3.05) is 14.2 Å². The Morgan fingerprint density at radius 1 is 0.971 bits per heavy atom. The third-order valence-corrected chi connectivity index (χ3v) is 5.05. The molecular weight excluding hydrogens is 445 g/mol. The van der Waals surface area contributed by atoms with E-state index in [0.29, 0.717) is 34.4 Å². The molecule has 0 aliphatic rings. The summed E-state index contributed by atoms with van der Waals surface area (Å²) in [7, 11) is 3.09. The summed E-state index contributed by atoms with van der Waals surface area (Å²) < 4.78 is 25.2. The molecule has 0 unspecified atom stereocenters. The van der Waals surface area contributed by atoms with Gasteiger partial charge in [-0.2, -0.15) is 4.80 Å². The number of fused-ring (bicyclic) bond motifs is 1. The zero-order valence-electron chi connectivity index (χ0n) is 18.1. The molecule has 0 aliphatic heterocycles. The van der Waals surface area contributed by atoms with E-state index in [1.165, 1.54) is 21.6 Å². The van der Waals surface area contributed by atoms with Crippen LogP contribution in [0.4, 0.5) is 4.39 Å². The largest absolute Gasteiger partial charge is 0.493 e. The second-order valence-electron chi connectivity index (χ2n) is 7.27. The van der Waals surface area contributed by atoms with Crippen LogP contribution < -0.4 is 15.0 Å². The smallest absolute Gasteiger partial charge is 0.281 e. The Hall–Kier alpha value is -4.68. The highest BCUT2D eigenvalue weighted by molar-refractivity contribution is 5.68. The molecule has 0 spiro atoms. The first-order valence-corrected chi connectivity index (χ1v) is 10.1. The predicted molar refractivity (Wildman–Crippen MR) is 117 cm³/mol. The van der Waals surface area contributed by atoms with Crippen LogP contribution in [0.25, 0.3) is 22.6 Å². The van der Waals surface area contributed by atoms with E-state index in [1.807, 2.05) is 0 Å². The van der Waals surface area contributed by atoms with Crippen LogP contribution in [0.3, 0.4) is 0 Å². The third kappa shape index (κ3) is 4.05. The number of hydrogen-bond donors (Lipinski definition) is 1. The van der Waals surface area contributed by atoms with Gasteiger partial charge in [0.05, 0.1) is 20.8 Å². The summed E-state index contributed by atoms with van der Waals surface area (Å²) in [4.78, 5) is 21.0. The minimum atomic E-state index is -0.439. The maximum atomic E-state index is 13.2. The molecule has 12 nitrogen and oxygen atoms in total. The maximum Gasteiger partial charge on any atom is 0.281 e. The van der Waals surface area contributed by atoms with E-state index in [2.05, 4.69) is 35.7 Å². The average molecular weight is 463 g/mol. The van der Waals surface area contributed by atoms with Gasteiger partial charge in [0.15, 0.2) is 22.7 Å². The Morgan fingerprint density at radius 2 is 1.76 bits per heavy atom. The standard InChI is InChI=1S/C21H18FN9O3/c1-33-15-8-5-13(9-16(15)34-2)19-26-29-31(27-19)11-17-23-20-18(21(32)24-17)25-28-30(20)10-12-3-6-14(22)7-4-12/h3-9H,10-11H2,1-2H3,(H,23,24,32). The van der Waals surface area contributed by atoms with Gasteiger partial charge in [-0.1, -0.05) is 17.3 Å². The van der Waals surface area contributed by atoms with E-state index in [9.17, 15) is 9.18 Å². The zero-order valence-corrected chi connectivity index (χ0v) is 18.1. The van der Waals surface area contributed by atoms with Gasteiger partial charge in [-0.15, -0.1) is 15.3 Å². The van der Waals surface area contributed by atoms with Crippen LogP contribution in [0, 0.1) is 5.82 Å². The maximum absolute atomic E-state index is 13.2. The van der Waals surface area contributed by atoms with Gasteiger partial charge in [0.1, 0.15) is 18.2 Å². The van der Waals surface area contributed by atoms with Crippen LogP contribution in [-0.2, 0) is 13.1 Å². The van der Waals surface area contributed by atoms with Crippen LogP contribution >= 0.6 is 0 Å². The Morgan fingerprint density at radius 3 is 2.53 bits per heavy atom. The summed E-state index contributed by atoms with van der Waals surface area (Å²) in [6, 6.07) is 11.2. The molecule has 0 atom stereocenters. The van der Waals surface area contributed by atoms with Crippen molar-refractivity contribution >= 4 is 11.2 Å². The van der Waals surface area contributed by atoms with E-state index in [0.717, 1.165) is 5.56 Å². The van der Waals surface area contributed by atoms with Gasteiger partial charge >= 0.3 is 0 Å². The van der Waals surface area contributed by atoms with Crippen molar-refractivity contribution in [3.8, 4) is 22.9 Å². The first-order valence-electron chi connectivity index (χ1n) is 10.1. The summed E-state index contributed by atoms with van der Waals surface area (Å²) in [6.45, 7) is 0.338. The number of rotatable bonds is 7. The van der Waals surface area contributed by atoms with Crippen molar-refractivity contribution in [3.63, 3.8) is 0 Å². The number of ether oxygens (including phenoxy) is 2. The fraction of sp³-hybridized carbons (Fsp3) is 0.190. The lowest BCUT2D eigenvalue weighted by Crippen LogP contribution is -2.16. The summed E-state index contributed by atoms with van der Waals surface area (Å²) in [5, 5.41) is 20.4. The van der Waals surface area contributed by atoms with Gasteiger partial charge in [0, 0.05) is 5.56 Å². The van der Waals surface area contributed by atoms with Gasteiger partial charge < -0.3 is 14.5 Å². The Bertz CT molecular complexity index is 1530. The molecule has 13 heteroatoms. The van der Waals surface area contributed by atoms with Gasteiger partial charge in [0.2, 0.25) is 5.82 Å². The lowest BCUT2D eigenvalue weighted by molar-refractivity contribution is 0.355. The number of tetrazole rings is 1. The van der Waals surface area contributed by atoms with E-state index in [-0.39, 0.29) is 24.4 Å². The molecule has 0 saturated carbocycles. The second kappa shape index (κ2) is 8.69. The van der Waals surface area contributed by atoms with Gasteiger partial charge in [-0.05, 0) is 41.1 Å². The molecule has 0 aliphatic carbocycles. The topological polar surface area (TPSA) is 139 Å². The highest BCUT2D eigenvalue weighted by Crippen LogP contribution is 2.30. The fourth-order valence-electron chi connectivity index (χ4n) is 3.39. The Kier molecular flexibility index (Phi) is 5.41. The Balaban J connectivity index is 1.42. The molecule has 3 aromatic heterocycles. The van der Waals surface area contributed by atoms with Crippen LogP contribution in [0.1, 0.15) is 11.4 Å². The minimum absolute atomic E-state index is 0.0627. The lowest BCUT2D eigenvalue weighted by atomic mass is 10.2. The first-order chi connectivity index (χ1) is 16.5. The molecule has 5 rings (SSSR count). The van der Waals surface area contributed by atoms with Gasteiger partial charge in [-0.25, -0.2) is 14.1 Å². The van der Waals surface area contributed by atoms with Crippen molar-refractivity contribution in [1.82, 2.24) is 45.2 Å². The van der Waals surface area contributed by atoms with E-state index >= 15 is 0 Å². The van der Waals surface area contributed by atoms with Gasteiger partial charge in [-0.3, -0.25) is 4.79 Å². The number of methoxy groups -OCH3 is 2. The molecule has 34 heavy (non-hydrogen) atoms. The minimum Gasteiger partial charge on any atom is -0.493 e. The lowest BCUT2D eigenvalue weighted by Gasteiger charge is -2.07. The Labute approximate surface area is 191 Å². The van der Waals surface area contributed by atoms with Crippen molar-refractivity contribution in [1.29, 1.82) is 0 Å². The van der Waals surface area contributed by atoms with E-state index in [1.54, 1.807) is 44.6 Å². The molecule has 3 heterocycles. The van der Waals surface area contributed by atoms with Crippen molar-refractivity contribution < 1.29 is 13.9 Å². The molecule has 172 valence electrons. The normalized spacial score (nSPS) is 11.1. The van der Waals surface area contributed by atoms with E-state index in [4.69, 9.17) is 9.47 Å². The van der Waals surface area contributed by atoms with E-state index < -0.39 is 5.56 Å². The van der Waals surface area contributed by atoms with Crippen LogP contribution in [0.15, 0.2) is 47.3 Å². The molecule has 5 aromatic rings. The summed E-state index contributed by atoms with van der Waals surface area (Å²) in [6.07, 6.45) is 0. The van der Waals surface area contributed by atoms with Crippen molar-refractivity contribution in [3.05, 3.63) is 70.0 Å². The number of nitrogens with zero attached hydrogens (tertiary/aromatic N) is 8. The molecule has 0 radical (unpaired) electrons. The predicted octanol–water partition coefficient (Wildman–Crippen LogP) is 1.42. The molecule has 0 amide bonds. The number of nitrogens with one attached hydrogen (secondary N) is 1. The number of H-pyrrole nitrogens is 1. The molecule has 1 N–H and O–H groups in total. The highest BCUT2D eigenvalue weighted by atomic mass is 19.1. The summed E-state index contributed by atoms with van der Waals surface area (Å²) >= 11 is 0. The number of benzene rings is 2. The molecule has 0 fully saturated rings. The number of hydrogen-bond acceptors (Lipinski definition) is 9. The van der Waals surface area contributed by atoms with Gasteiger partial charge in [0.25, 0.3) is 5.56 Å². The molecule has 2 aromatic carbocycles. The third-order valence-electron chi connectivity index (χ3n) is 5.05. The number of halogens is 1. The monoisotopic (exact) mass is 463 g/mol. The second-order valence-corrected chi connectivity index (χ2v) is 7.27. The van der Waals surface area contributed by atoms with Crippen molar-refractivity contribution in [2.24, 2.45) is 0 Å². The van der Waals surface area contributed by atoms with Crippen LogP contribution in [0.2, 0.25) is 0 Å². The molecular formula is C21H18FN9O3. The fourth-order valence-corrected chi connectivity index (χ4v) is 3.39. The summed E-state index contributed by atoms with van der Waals surface area (Å²) in [5.74, 6) is 1.45. The molecule has 0 saturated heterocycles. The first kappa shape index (κ1) is 21.2. The zero-order chi connectivity index (χ0) is 23.7. The number of aromatic amines is 1. The average Bonchev–Trinajstić information content (AvgIpc) is 3.48. The van der Waals surface area contributed by atoms with Crippen molar-refractivity contribution in [2.45, 2.75) is 13.1 Å². The van der Waals surface area contributed by atoms with Crippen LogP contribution in [0.5, 0.6) is 11.5 Å². The quantitative estimate of drug-likeness (QED) is 0.380. The summed E-state index contributed by atoms with van der Waals surface area (Å²) in [5.41, 5.74) is 1.43. The van der Waals surface area contributed by atoms with Crippen LogP contribution in [-0.4, -0.2) is 59.4 Å².